The summed E-state index contributed by atoms with van der Waals surface area (Å²) in [6, 6.07) is 7.79. The van der Waals surface area contributed by atoms with Gasteiger partial charge in [-0.1, -0.05) is 18.2 Å². The SMILES string of the molecule is CC1CC2(CN1)CC(C(=O)N[C@H]1c3ccccc3OC[C@H]1O)C2. The Morgan fingerprint density at radius 1 is 1.35 bits per heavy atom. The van der Waals surface area contributed by atoms with Gasteiger partial charge in [-0.2, -0.15) is 0 Å². The van der Waals surface area contributed by atoms with Gasteiger partial charge < -0.3 is 20.5 Å². The summed E-state index contributed by atoms with van der Waals surface area (Å²) < 4.78 is 5.53. The lowest BCUT2D eigenvalue weighted by atomic mass is 9.60. The maximum absolute atomic E-state index is 12.6. The van der Waals surface area contributed by atoms with Crippen molar-refractivity contribution < 1.29 is 14.6 Å². The number of aliphatic hydroxyl groups excluding tert-OH is 1. The molecule has 3 aliphatic rings. The van der Waals surface area contributed by atoms with Gasteiger partial charge in [0.15, 0.2) is 0 Å². The molecule has 5 heteroatoms. The van der Waals surface area contributed by atoms with Gasteiger partial charge in [-0.3, -0.25) is 4.79 Å². The van der Waals surface area contributed by atoms with Gasteiger partial charge in [0.25, 0.3) is 0 Å². The molecule has 0 radical (unpaired) electrons. The zero-order valence-electron chi connectivity index (χ0n) is 13.4. The summed E-state index contributed by atoms with van der Waals surface area (Å²) in [5.74, 6) is 0.891. The Morgan fingerprint density at radius 3 is 2.87 bits per heavy atom. The summed E-state index contributed by atoms with van der Waals surface area (Å²) in [6.07, 6.45) is 2.38. The summed E-state index contributed by atoms with van der Waals surface area (Å²) in [7, 11) is 0. The van der Waals surface area contributed by atoms with Crippen molar-refractivity contribution in [2.75, 3.05) is 13.2 Å². The molecule has 124 valence electrons. The number of rotatable bonds is 2. The Labute approximate surface area is 136 Å². The van der Waals surface area contributed by atoms with E-state index in [1.165, 1.54) is 6.42 Å². The second kappa shape index (κ2) is 5.49. The molecule has 2 fully saturated rings. The van der Waals surface area contributed by atoms with E-state index in [0.717, 1.165) is 30.7 Å². The summed E-state index contributed by atoms with van der Waals surface area (Å²) in [5.41, 5.74) is 1.19. The van der Waals surface area contributed by atoms with Gasteiger partial charge in [0, 0.05) is 24.1 Å². The number of carbonyl (C=O) groups excluding carboxylic acids is 1. The smallest absolute Gasteiger partial charge is 0.223 e. The molecule has 1 aromatic rings. The fraction of sp³-hybridized carbons (Fsp3) is 0.611. The minimum Gasteiger partial charge on any atom is -0.490 e. The lowest BCUT2D eigenvalue weighted by Crippen LogP contribution is -2.50. The van der Waals surface area contributed by atoms with Crippen molar-refractivity contribution in [3.8, 4) is 5.75 Å². The van der Waals surface area contributed by atoms with Crippen molar-refractivity contribution in [1.29, 1.82) is 0 Å². The number of amides is 1. The van der Waals surface area contributed by atoms with Crippen molar-refractivity contribution in [3.05, 3.63) is 29.8 Å². The minimum atomic E-state index is -0.698. The van der Waals surface area contributed by atoms with Crippen molar-refractivity contribution in [2.45, 2.75) is 44.4 Å². The lowest BCUT2D eigenvalue weighted by molar-refractivity contribution is -0.134. The summed E-state index contributed by atoms with van der Waals surface area (Å²) in [6.45, 7) is 3.45. The zero-order chi connectivity index (χ0) is 16.0. The van der Waals surface area contributed by atoms with Crippen LogP contribution in [-0.2, 0) is 4.79 Å². The van der Waals surface area contributed by atoms with Crippen LogP contribution in [0.25, 0.3) is 0 Å². The largest absolute Gasteiger partial charge is 0.490 e. The summed E-state index contributed by atoms with van der Waals surface area (Å²) in [5, 5.41) is 16.8. The number of hydrogen-bond acceptors (Lipinski definition) is 4. The standard InChI is InChI=1S/C18H24N2O3/c1-11-6-18(10-19-11)7-12(8-18)17(22)20-16-13-4-2-3-5-15(13)23-9-14(16)21/h2-5,11-12,14,16,19,21H,6-10H2,1H3,(H,20,22)/t11?,12?,14-,16+,18?/m1/s1. The number of para-hydroxylation sites is 1. The molecule has 1 spiro atoms. The molecule has 1 aliphatic carbocycles. The van der Waals surface area contributed by atoms with E-state index in [-0.39, 0.29) is 24.5 Å². The van der Waals surface area contributed by atoms with Crippen LogP contribution in [0, 0.1) is 11.3 Å². The Kier molecular flexibility index (Phi) is 3.58. The number of aliphatic hydroxyl groups is 1. The first-order valence-corrected chi connectivity index (χ1v) is 8.50. The van der Waals surface area contributed by atoms with Gasteiger partial charge in [-0.05, 0) is 37.7 Å². The van der Waals surface area contributed by atoms with Gasteiger partial charge in [-0.25, -0.2) is 0 Å². The topological polar surface area (TPSA) is 70.6 Å². The fourth-order valence-corrected chi connectivity index (χ4v) is 4.46. The molecule has 1 aromatic carbocycles. The second-order valence-corrected chi connectivity index (χ2v) is 7.49. The molecule has 0 aromatic heterocycles. The van der Waals surface area contributed by atoms with Crippen molar-refractivity contribution in [1.82, 2.24) is 10.6 Å². The molecule has 2 aliphatic heterocycles. The van der Waals surface area contributed by atoms with Crippen LogP contribution in [0.15, 0.2) is 24.3 Å². The second-order valence-electron chi connectivity index (χ2n) is 7.49. The summed E-state index contributed by atoms with van der Waals surface area (Å²) >= 11 is 0. The van der Waals surface area contributed by atoms with E-state index in [4.69, 9.17) is 4.74 Å². The van der Waals surface area contributed by atoms with Crippen molar-refractivity contribution in [3.63, 3.8) is 0 Å². The first-order chi connectivity index (χ1) is 11.1. The Hall–Kier alpha value is -1.59. The van der Waals surface area contributed by atoms with Crippen molar-refractivity contribution >= 4 is 5.91 Å². The van der Waals surface area contributed by atoms with E-state index in [1.807, 2.05) is 24.3 Å². The highest BCUT2D eigenvalue weighted by atomic mass is 16.5. The van der Waals surface area contributed by atoms with Crippen LogP contribution in [0.4, 0.5) is 0 Å². The van der Waals surface area contributed by atoms with E-state index >= 15 is 0 Å². The normalized spacial score (nSPS) is 38.5. The minimum absolute atomic E-state index is 0.0657. The highest BCUT2D eigenvalue weighted by Gasteiger charge is 2.50. The van der Waals surface area contributed by atoms with Crippen molar-refractivity contribution in [2.24, 2.45) is 11.3 Å². The number of hydrogen-bond donors (Lipinski definition) is 3. The Morgan fingerprint density at radius 2 is 2.13 bits per heavy atom. The fourth-order valence-electron chi connectivity index (χ4n) is 4.46. The Balaban J connectivity index is 1.42. The number of carbonyl (C=O) groups is 1. The van der Waals surface area contributed by atoms with Gasteiger partial charge in [0.2, 0.25) is 5.91 Å². The first kappa shape index (κ1) is 15.0. The average Bonchev–Trinajstić information content (AvgIpc) is 2.91. The average molecular weight is 316 g/mol. The monoisotopic (exact) mass is 316 g/mol. The molecule has 0 bridgehead atoms. The predicted octanol–water partition coefficient (Wildman–Crippen LogP) is 1.38. The van der Waals surface area contributed by atoms with E-state index in [2.05, 4.69) is 17.6 Å². The van der Waals surface area contributed by atoms with Gasteiger partial charge in [0.05, 0.1) is 6.04 Å². The number of benzene rings is 1. The molecule has 1 unspecified atom stereocenters. The van der Waals surface area contributed by atoms with E-state index in [0.29, 0.717) is 11.5 Å². The van der Waals surface area contributed by atoms with Crippen LogP contribution in [0.1, 0.15) is 37.8 Å². The van der Waals surface area contributed by atoms with Gasteiger partial charge in [0.1, 0.15) is 18.5 Å². The number of nitrogens with one attached hydrogen (secondary N) is 2. The molecular formula is C18H24N2O3. The molecule has 3 N–H and O–H groups in total. The molecule has 4 rings (SSSR count). The number of fused-ring (bicyclic) bond motifs is 1. The van der Waals surface area contributed by atoms with E-state index in [1.54, 1.807) is 0 Å². The molecular weight excluding hydrogens is 292 g/mol. The quantitative estimate of drug-likeness (QED) is 0.771. The molecule has 5 nitrogen and oxygen atoms in total. The molecule has 23 heavy (non-hydrogen) atoms. The third kappa shape index (κ3) is 2.62. The lowest BCUT2D eigenvalue weighted by Gasteiger charge is -2.45. The highest BCUT2D eigenvalue weighted by Crippen LogP contribution is 2.51. The third-order valence-corrected chi connectivity index (χ3v) is 5.64. The van der Waals surface area contributed by atoms with Crippen LogP contribution < -0.4 is 15.4 Å². The molecule has 2 heterocycles. The predicted molar refractivity (Wildman–Crippen MR) is 86.1 cm³/mol. The van der Waals surface area contributed by atoms with Gasteiger partial charge in [-0.15, -0.1) is 0 Å². The molecule has 1 saturated carbocycles. The zero-order valence-corrected chi connectivity index (χ0v) is 13.4. The maximum atomic E-state index is 12.6. The van der Waals surface area contributed by atoms with Crippen LogP contribution in [-0.4, -0.2) is 36.3 Å². The Bertz CT molecular complexity index is 612. The molecule has 3 atom stereocenters. The molecule has 1 saturated heterocycles. The maximum Gasteiger partial charge on any atom is 0.223 e. The number of ether oxygens (including phenoxy) is 1. The summed E-state index contributed by atoms with van der Waals surface area (Å²) in [4.78, 5) is 12.6. The van der Waals surface area contributed by atoms with E-state index < -0.39 is 6.10 Å². The molecule has 1 amide bonds. The highest BCUT2D eigenvalue weighted by molar-refractivity contribution is 5.80. The van der Waals surface area contributed by atoms with Crippen LogP contribution in [0.2, 0.25) is 0 Å². The van der Waals surface area contributed by atoms with Crippen LogP contribution >= 0.6 is 0 Å². The van der Waals surface area contributed by atoms with Gasteiger partial charge >= 0.3 is 0 Å². The van der Waals surface area contributed by atoms with Crippen LogP contribution in [0.5, 0.6) is 5.75 Å². The van der Waals surface area contributed by atoms with Crippen LogP contribution in [0.3, 0.4) is 0 Å². The third-order valence-electron chi connectivity index (χ3n) is 5.64. The first-order valence-electron chi connectivity index (χ1n) is 8.50. The van der Waals surface area contributed by atoms with E-state index in [9.17, 15) is 9.90 Å².